The minimum atomic E-state index is -0.517. The number of anilines is 1. The molecule has 0 unspecified atom stereocenters. The quantitative estimate of drug-likeness (QED) is 0.615. The molecule has 3 rings (SSSR count). The molecule has 112 valence electrons. The van der Waals surface area contributed by atoms with Crippen molar-refractivity contribution >= 4 is 34.1 Å². The monoisotopic (exact) mass is 310 g/mol. The lowest BCUT2D eigenvalue weighted by molar-refractivity contribution is -0.138. The average Bonchev–Trinajstić information content (AvgIpc) is 2.85. The van der Waals surface area contributed by atoms with Crippen molar-refractivity contribution in [2.75, 3.05) is 31.8 Å². The molecule has 0 atom stereocenters. The number of rotatable bonds is 2. The van der Waals surface area contributed by atoms with Crippen molar-refractivity contribution in [2.24, 2.45) is 0 Å². The van der Waals surface area contributed by atoms with Gasteiger partial charge < -0.3 is 14.8 Å². The number of hydrogen-bond donors (Lipinski definition) is 1. The number of nitrogens with zero attached hydrogens (tertiary/aromatic N) is 1. The van der Waals surface area contributed by atoms with E-state index in [9.17, 15) is 14.4 Å². The number of amides is 2. The summed E-state index contributed by atoms with van der Waals surface area (Å²) in [6, 6.07) is 0. The Balaban J connectivity index is 2.12. The smallest absolute Gasteiger partial charge is 0.341 e. The molecule has 0 aromatic carbocycles. The highest BCUT2D eigenvalue weighted by molar-refractivity contribution is 7.17. The summed E-state index contributed by atoms with van der Waals surface area (Å²) < 4.78 is 9.74. The van der Waals surface area contributed by atoms with E-state index in [4.69, 9.17) is 9.47 Å². The fourth-order valence-corrected chi connectivity index (χ4v) is 3.85. The maximum atomic E-state index is 12.1. The van der Waals surface area contributed by atoms with Crippen molar-refractivity contribution in [3.8, 4) is 0 Å². The van der Waals surface area contributed by atoms with Crippen LogP contribution in [0.15, 0.2) is 0 Å². The standard InChI is InChI=1S/C13H14N2O5S/c1-19-13(18)11-7-2-3-14-4-8(7)21-12(11)15-9(16)5-20-6-10(15)17/h14H,2-6H2,1H3. The lowest BCUT2D eigenvalue weighted by atomic mass is 10.0. The molecule has 2 aliphatic rings. The van der Waals surface area contributed by atoms with Crippen molar-refractivity contribution in [3.05, 3.63) is 16.0 Å². The Bertz CT molecular complexity index is 608. The minimum Gasteiger partial charge on any atom is -0.465 e. The summed E-state index contributed by atoms with van der Waals surface area (Å²) in [5.41, 5.74) is 1.20. The van der Waals surface area contributed by atoms with Crippen LogP contribution in [-0.2, 0) is 32.0 Å². The van der Waals surface area contributed by atoms with Gasteiger partial charge in [0.1, 0.15) is 18.2 Å². The highest BCUT2D eigenvalue weighted by atomic mass is 32.1. The number of nitrogens with one attached hydrogen (secondary N) is 1. The predicted octanol–water partition coefficient (Wildman–Crippen LogP) is 0.0702. The van der Waals surface area contributed by atoms with E-state index in [0.717, 1.165) is 21.9 Å². The molecule has 0 aliphatic carbocycles. The van der Waals surface area contributed by atoms with Crippen molar-refractivity contribution in [3.63, 3.8) is 0 Å². The van der Waals surface area contributed by atoms with E-state index >= 15 is 0 Å². The Morgan fingerprint density at radius 3 is 2.71 bits per heavy atom. The number of carbonyl (C=O) groups excluding carboxylic acids is 3. The lowest BCUT2D eigenvalue weighted by Crippen LogP contribution is -2.46. The van der Waals surface area contributed by atoms with Crippen LogP contribution < -0.4 is 10.2 Å². The molecular weight excluding hydrogens is 296 g/mol. The molecule has 3 heterocycles. The van der Waals surface area contributed by atoms with Gasteiger partial charge in [-0.15, -0.1) is 11.3 Å². The lowest BCUT2D eigenvalue weighted by Gasteiger charge is -2.24. The van der Waals surface area contributed by atoms with E-state index < -0.39 is 17.8 Å². The highest BCUT2D eigenvalue weighted by Gasteiger charge is 2.36. The van der Waals surface area contributed by atoms with Gasteiger partial charge in [-0.3, -0.25) is 9.59 Å². The van der Waals surface area contributed by atoms with Crippen LogP contribution in [0.2, 0.25) is 0 Å². The summed E-state index contributed by atoms with van der Waals surface area (Å²) in [6.45, 7) is 1.05. The number of hydrogen-bond acceptors (Lipinski definition) is 7. The van der Waals surface area contributed by atoms with E-state index in [0.29, 0.717) is 23.5 Å². The molecule has 1 fully saturated rings. The van der Waals surface area contributed by atoms with Crippen molar-refractivity contribution in [1.82, 2.24) is 5.32 Å². The molecule has 1 saturated heterocycles. The number of esters is 1. The largest absolute Gasteiger partial charge is 0.465 e. The number of morpholine rings is 1. The third-order valence-electron chi connectivity index (χ3n) is 3.45. The molecule has 1 N–H and O–H groups in total. The first-order valence-corrected chi connectivity index (χ1v) is 7.32. The molecule has 1 aromatic rings. The van der Waals surface area contributed by atoms with Gasteiger partial charge in [0, 0.05) is 11.4 Å². The van der Waals surface area contributed by atoms with E-state index in [1.165, 1.54) is 18.4 Å². The van der Waals surface area contributed by atoms with Gasteiger partial charge in [-0.1, -0.05) is 0 Å². The summed E-state index contributed by atoms with van der Waals surface area (Å²) in [7, 11) is 1.29. The topological polar surface area (TPSA) is 84.9 Å². The number of carbonyl (C=O) groups is 3. The average molecular weight is 310 g/mol. The Morgan fingerprint density at radius 2 is 2.05 bits per heavy atom. The first kappa shape index (κ1) is 14.2. The summed E-state index contributed by atoms with van der Waals surface area (Å²) in [5, 5.41) is 3.56. The van der Waals surface area contributed by atoms with E-state index in [-0.39, 0.29) is 13.2 Å². The fourth-order valence-electron chi connectivity index (χ4n) is 2.51. The number of thiophene rings is 1. The third kappa shape index (κ3) is 2.35. The van der Waals surface area contributed by atoms with Crippen molar-refractivity contribution in [1.29, 1.82) is 0 Å². The van der Waals surface area contributed by atoms with Gasteiger partial charge >= 0.3 is 5.97 Å². The Kier molecular flexibility index (Phi) is 3.75. The molecule has 2 aliphatic heterocycles. The zero-order valence-electron chi connectivity index (χ0n) is 11.4. The SMILES string of the molecule is COC(=O)c1c(N2C(=O)COCC2=O)sc2c1CCNC2. The number of ether oxygens (including phenoxy) is 2. The van der Waals surface area contributed by atoms with Gasteiger partial charge in [0.15, 0.2) is 0 Å². The molecule has 0 saturated carbocycles. The first-order chi connectivity index (χ1) is 10.1. The molecule has 2 amide bonds. The summed E-state index contributed by atoms with van der Waals surface area (Å²) in [6.07, 6.45) is 0.670. The van der Waals surface area contributed by atoms with Gasteiger partial charge in [0.05, 0.1) is 12.7 Å². The van der Waals surface area contributed by atoms with Crippen molar-refractivity contribution < 1.29 is 23.9 Å². The summed E-state index contributed by atoms with van der Waals surface area (Å²) in [4.78, 5) is 38.1. The molecule has 0 bridgehead atoms. The van der Waals surface area contributed by atoms with Gasteiger partial charge in [-0.2, -0.15) is 0 Å². The molecule has 8 heteroatoms. The Hall–Kier alpha value is -1.77. The van der Waals surface area contributed by atoms with Crippen LogP contribution in [0.4, 0.5) is 5.00 Å². The molecule has 0 radical (unpaired) electrons. The van der Waals surface area contributed by atoms with Gasteiger partial charge in [0.2, 0.25) is 0 Å². The van der Waals surface area contributed by atoms with Crippen molar-refractivity contribution in [2.45, 2.75) is 13.0 Å². The summed E-state index contributed by atoms with van der Waals surface area (Å²) in [5.74, 6) is -1.43. The number of fused-ring (bicyclic) bond motifs is 1. The zero-order valence-corrected chi connectivity index (χ0v) is 12.2. The van der Waals surface area contributed by atoms with Gasteiger partial charge in [-0.05, 0) is 18.5 Å². The summed E-state index contributed by atoms with van der Waals surface area (Å²) >= 11 is 1.29. The van der Waals surface area contributed by atoms with Crippen LogP contribution in [0.3, 0.4) is 0 Å². The van der Waals surface area contributed by atoms with Crippen LogP contribution >= 0.6 is 11.3 Å². The van der Waals surface area contributed by atoms with Crippen LogP contribution in [0.25, 0.3) is 0 Å². The van der Waals surface area contributed by atoms with Crippen LogP contribution in [-0.4, -0.2) is 44.7 Å². The minimum absolute atomic E-state index is 0.160. The second kappa shape index (κ2) is 5.55. The second-order valence-corrected chi connectivity index (χ2v) is 5.80. The molecular formula is C13H14N2O5S. The van der Waals surface area contributed by atoms with Gasteiger partial charge in [0.25, 0.3) is 11.8 Å². The normalized spacial score (nSPS) is 18.6. The van der Waals surface area contributed by atoms with E-state index in [1.807, 2.05) is 0 Å². The second-order valence-electron chi connectivity index (χ2n) is 4.72. The highest BCUT2D eigenvalue weighted by Crippen LogP contribution is 2.39. The van der Waals surface area contributed by atoms with Gasteiger partial charge in [-0.25, -0.2) is 9.69 Å². The third-order valence-corrected chi connectivity index (χ3v) is 4.67. The maximum absolute atomic E-state index is 12.1. The maximum Gasteiger partial charge on any atom is 0.341 e. The van der Waals surface area contributed by atoms with Crippen LogP contribution in [0, 0.1) is 0 Å². The molecule has 1 aromatic heterocycles. The number of imide groups is 1. The zero-order chi connectivity index (χ0) is 15.0. The predicted molar refractivity (Wildman–Crippen MR) is 74.4 cm³/mol. The molecule has 21 heavy (non-hydrogen) atoms. The number of methoxy groups -OCH3 is 1. The molecule has 0 spiro atoms. The fraction of sp³-hybridized carbons (Fsp3) is 0.462. The first-order valence-electron chi connectivity index (χ1n) is 6.50. The van der Waals surface area contributed by atoms with Crippen LogP contribution in [0.5, 0.6) is 0 Å². The van der Waals surface area contributed by atoms with E-state index in [2.05, 4.69) is 5.32 Å². The Morgan fingerprint density at radius 1 is 1.33 bits per heavy atom. The molecule has 7 nitrogen and oxygen atoms in total. The Labute approximate surface area is 124 Å². The van der Waals surface area contributed by atoms with E-state index in [1.54, 1.807) is 0 Å². The van der Waals surface area contributed by atoms with Crippen LogP contribution in [0.1, 0.15) is 20.8 Å².